The van der Waals surface area contributed by atoms with Gasteiger partial charge in [0.15, 0.2) is 11.5 Å². The first-order valence-electron chi connectivity index (χ1n) is 12.3. The molecule has 4 rings (SSSR count). The molecule has 1 aromatic heterocycles. The highest BCUT2D eigenvalue weighted by Gasteiger charge is 2.24. The molecular weight excluding hydrogens is 474 g/mol. The van der Waals surface area contributed by atoms with Gasteiger partial charge in [-0.3, -0.25) is 4.79 Å². The van der Waals surface area contributed by atoms with Crippen LogP contribution in [0.2, 0.25) is 0 Å². The number of fused-ring (bicyclic) bond motifs is 1. The third-order valence-electron chi connectivity index (χ3n) is 6.57. The van der Waals surface area contributed by atoms with Crippen LogP contribution in [0.3, 0.4) is 0 Å². The van der Waals surface area contributed by atoms with Gasteiger partial charge in [0.1, 0.15) is 11.2 Å². The van der Waals surface area contributed by atoms with Crippen LogP contribution >= 0.6 is 0 Å². The number of aliphatic imine (C=N–C) groups is 1. The van der Waals surface area contributed by atoms with Gasteiger partial charge in [-0.05, 0) is 37.5 Å². The Balaban J connectivity index is 1.43. The summed E-state index contributed by atoms with van der Waals surface area (Å²) in [5, 5.41) is 0.328. The minimum atomic E-state index is -0.382. The van der Waals surface area contributed by atoms with Crippen molar-refractivity contribution in [3.05, 3.63) is 46.2 Å². The normalized spacial score (nSPS) is 14.6. The topological polar surface area (TPSA) is 102 Å². The highest BCUT2D eigenvalue weighted by atomic mass is 16.5. The number of piperidine rings is 1. The van der Waals surface area contributed by atoms with Crippen LogP contribution in [0.25, 0.3) is 10.9 Å². The number of hydrogen-bond donors (Lipinski definition) is 1. The Labute approximate surface area is 216 Å². The van der Waals surface area contributed by atoms with Crippen LogP contribution in [-0.2, 0) is 11.3 Å². The van der Waals surface area contributed by atoms with E-state index in [1.165, 1.54) is 14.2 Å². The summed E-state index contributed by atoms with van der Waals surface area (Å²) in [6.45, 7) is 3.95. The molecule has 0 aliphatic carbocycles. The lowest BCUT2D eigenvalue weighted by Gasteiger charge is -2.32. The zero-order chi connectivity index (χ0) is 26.5. The molecule has 0 saturated carbocycles. The predicted octanol–water partition coefficient (Wildman–Crippen LogP) is 3.75. The SMILES string of the molecule is COc1cc2[nH]c(N3CCC(OCc4cccc(/N=C(\C)N(C)C)c4)CC3)nc(=O)c2c(OC)c1OC. The quantitative estimate of drug-likeness (QED) is 0.362. The Kier molecular flexibility index (Phi) is 8.17. The van der Waals surface area contributed by atoms with E-state index in [2.05, 4.69) is 32.0 Å². The molecule has 37 heavy (non-hydrogen) atoms. The Morgan fingerprint density at radius 1 is 1.11 bits per heavy atom. The minimum Gasteiger partial charge on any atom is -0.493 e. The number of ether oxygens (including phenoxy) is 4. The van der Waals surface area contributed by atoms with Crippen molar-refractivity contribution >= 4 is 28.4 Å². The fraction of sp³-hybridized carbons (Fsp3) is 0.444. The molecule has 0 amide bonds. The molecule has 2 heterocycles. The highest BCUT2D eigenvalue weighted by Crippen LogP contribution is 2.41. The molecule has 10 heteroatoms. The van der Waals surface area contributed by atoms with Crippen molar-refractivity contribution in [2.75, 3.05) is 53.4 Å². The summed E-state index contributed by atoms with van der Waals surface area (Å²) in [6.07, 6.45) is 1.78. The average Bonchev–Trinajstić information content (AvgIpc) is 2.91. The van der Waals surface area contributed by atoms with Crippen LogP contribution in [-0.4, -0.2) is 75.3 Å². The molecule has 3 aromatic rings. The van der Waals surface area contributed by atoms with Crippen molar-refractivity contribution in [2.24, 2.45) is 4.99 Å². The summed E-state index contributed by atoms with van der Waals surface area (Å²) in [7, 11) is 8.49. The first-order chi connectivity index (χ1) is 17.8. The molecule has 2 aromatic carbocycles. The number of H-pyrrole nitrogens is 1. The Morgan fingerprint density at radius 3 is 2.49 bits per heavy atom. The van der Waals surface area contributed by atoms with E-state index in [0.717, 1.165) is 43.0 Å². The number of amidine groups is 1. The van der Waals surface area contributed by atoms with Gasteiger partial charge >= 0.3 is 0 Å². The number of benzene rings is 2. The summed E-state index contributed by atoms with van der Waals surface area (Å²) in [4.78, 5) is 29.3. The Hall–Kier alpha value is -3.79. The maximum atomic E-state index is 13.0. The Morgan fingerprint density at radius 2 is 1.84 bits per heavy atom. The van der Waals surface area contributed by atoms with E-state index in [9.17, 15) is 4.79 Å². The highest BCUT2D eigenvalue weighted by molar-refractivity contribution is 5.90. The van der Waals surface area contributed by atoms with Gasteiger partial charge in [0.05, 0.1) is 45.2 Å². The molecule has 1 aliphatic heterocycles. The minimum absolute atomic E-state index is 0.128. The van der Waals surface area contributed by atoms with Crippen LogP contribution < -0.4 is 24.7 Å². The molecule has 1 aliphatic rings. The van der Waals surface area contributed by atoms with Gasteiger partial charge in [-0.1, -0.05) is 12.1 Å². The van der Waals surface area contributed by atoms with E-state index in [4.69, 9.17) is 18.9 Å². The number of nitrogens with one attached hydrogen (secondary N) is 1. The lowest BCUT2D eigenvalue weighted by Crippen LogP contribution is -2.38. The predicted molar refractivity (Wildman–Crippen MR) is 145 cm³/mol. The molecule has 1 N–H and O–H groups in total. The van der Waals surface area contributed by atoms with E-state index in [0.29, 0.717) is 40.7 Å². The number of nitrogens with zero attached hydrogens (tertiary/aromatic N) is 4. The largest absolute Gasteiger partial charge is 0.493 e. The van der Waals surface area contributed by atoms with Gasteiger partial charge in [-0.2, -0.15) is 4.98 Å². The average molecular weight is 510 g/mol. The summed E-state index contributed by atoms with van der Waals surface area (Å²) in [5.74, 6) is 2.60. The standard InChI is InChI=1S/C27H35N5O5/c1-17(31(2)3)28-19-9-7-8-18(14-19)16-37-20-10-12-32(13-11-20)27-29-21-15-22(34-4)24(35-5)25(36-6)23(21)26(33)30-27/h7-9,14-15,20H,10-13,16H2,1-6H3,(H,29,30,33)/b28-17+. The maximum Gasteiger partial charge on any atom is 0.286 e. The third kappa shape index (κ3) is 5.80. The maximum absolute atomic E-state index is 13.0. The number of hydrogen-bond acceptors (Lipinski definition) is 8. The third-order valence-corrected chi connectivity index (χ3v) is 6.57. The monoisotopic (exact) mass is 509 g/mol. The summed E-state index contributed by atoms with van der Waals surface area (Å²) >= 11 is 0. The van der Waals surface area contributed by atoms with Gasteiger partial charge in [-0.15, -0.1) is 0 Å². The van der Waals surface area contributed by atoms with Crippen molar-refractivity contribution in [3.8, 4) is 17.2 Å². The van der Waals surface area contributed by atoms with Crippen molar-refractivity contribution in [1.29, 1.82) is 0 Å². The first kappa shape index (κ1) is 26.3. The fourth-order valence-electron chi connectivity index (χ4n) is 4.37. The molecule has 0 unspecified atom stereocenters. The van der Waals surface area contributed by atoms with E-state index in [1.807, 2.05) is 38.1 Å². The van der Waals surface area contributed by atoms with Crippen LogP contribution in [0.1, 0.15) is 25.3 Å². The molecule has 0 radical (unpaired) electrons. The second-order valence-electron chi connectivity index (χ2n) is 9.15. The number of anilines is 1. The molecule has 0 bridgehead atoms. The van der Waals surface area contributed by atoms with Gasteiger partial charge in [0.2, 0.25) is 11.7 Å². The van der Waals surface area contributed by atoms with Gasteiger partial charge in [-0.25, -0.2) is 4.99 Å². The first-order valence-corrected chi connectivity index (χ1v) is 12.3. The number of aromatic nitrogens is 2. The van der Waals surface area contributed by atoms with E-state index >= 15 is 0 Å². The van der Waals surface area contributed by atoms with E-state index < -0.39 is 0 Å². The van der Waals surface area contributed by atoms with Crippen LogP contribution in [0, 0.1) is 0 Å². The smallest absolute Gasteiger partial charge is 0.286 e. The van der Waals surface area contributed by atoms with Crippen LogP contribution in [0.4, 0.5) is 11.6 Å². The molecule has 0 spiro atoms. The second-order valence-corrected chi connectivity index (χ2v) is 9.15. The fourth-order valence-corrected chi connectivity index (χ4v) is 4.37. The van der Waals surface area contributed by atoms with Gasteiger partial charge < -0.3 is 33.7 Å². The molecule has 198 valence electrons. The zero-order valence-electron chi connectivity index (χ0n) is 22.3. The second kappa shape index (κ2) is 11.5. The summed E-state index contributed by atoms with van der Waals surface area (Å²) < 4.78 is 22.5. The van der Waals surface area contributed by atoms with Crippen molar-refractivity contribution in [3.63, 3.8) is 0 Å². The lowest BCUT2D eigenvalue weighted by molar-refractivity contribution is 0.0250. The molecular formula is C27H35N5O5. The van der Waals surface area contributed by atoms with Crippen LogP contribution in [0.15, 0.2) is 40.1 Å². The van der Waals surface area contributed by atoms with E-state index in [-0.39, 0.29) is 11.7 Å². The number of methoxy groups -OCH3 is 3. The Bertz CT molecular complexity index is 1330. The molecule has 10 nitrogen and oxygen atoms in total. The number of rotatable bonds is 8. The van der Waals surface area contributed by atoms with Gasteiger partial charge in [0.25, 0.3) is 5.56 Å². The van der Waals surface area contributed by atoms with Crippen LogP contribution in [0.5, 0.6) is 17.2 Å². The molecule has 0 atom stereocenters. The summed E-state index contributed by atoms with van der Waals surface area (Å²) in [5.41, 5.74) is 2.20. The molecule has 1 saturated heterocycles. The van der Waals surface area contributed by atoms with Gasteiger partial charge in [0, 0.05) is 33.3 Å². The zero-order valence-corrected chi connectivity index (χ0v) is 22.3. The lowest BCUT2D eigenvalue weighted by atomic mass is 10.1. The van der Waals surface area contributed by atoms with Crippen molar-refractivity contribution in [2.45, 2.75) is 32.5 Å². The van der Waals surface area contributed by atoms with Crippen molar-refractivity contribution < 1.29 is 18.9 Å². The van der Waals surface area contributed by atoms with E-state index in [1.54, 1.807) is 13.2 Å². The molecule has 1 fully saturated rings. The summed E-state index contributed by atoms with van der Waals surface area (Å²) in [6, 6.07) is 9.85. The van der Waals surface area contributed by atoms with Crippen molar-refractivity contribution in [1.82, 2.24) is 14.9 Å². The number of aromatic amines is 1.